The molecule has 1 aromatic heterocycles. The van der Waals surface area contributed by atoms with E-state index in [1.54, 1.807) is 0 Å². The van der Waals surface area contributed by atoms with Crippen LogP contribution in [0, 0.1) is 6.92 Å². The maximum absolute atomic E-state index is 13.2. The lowest BCUT2D eigenvalue weighted by atomic mass is 9.85. The van der Waals surface area contributed by atoms with Crippen LogP contribution >= 0.6 is 0 Å². The average Bonchev–Trinajstić information content (AvgIpc) is 3.06. The molecule has 0 N–H and O–H groups in total. The second-order valence-corrected chi connectivity index (χ2v) is 8.95. The predicted octanol–water partition coefficient (Wildman–Crippen LogP) is 5.70. The van der Waals surface area contributed by atoms with Gasteiger partial charge in [-0.1, -0.05) is 48.0 Å². The molecular formula is C26H27NO5. The third-order valence-electron chi connectivity index (χ3n) is 5.39. The van der Waals surface area contributed by atoms with Crippen molar-refractivity contribution in [2.24, 2.45) is 0 Å². The maximum atomic E-state index is 13.2. The summed E-state index contributed by atoms with van der Waals surface area (Å²) < 4.78 is 18.1. The van der Waals surface area contributed by atoms with Gasteiger partial charge in [-0.2, -0.15) is 0 Å². The number of nitrogens with zero attached hydrogens (tertiary/aromatic N) is 1. The highest BCUT2D eigenvalue weighted by Gasteiger charge is 2.35. The number of fused-ring (bicyclic) bond motifs is 3. The van der Waals surface area contributed by atoms with Crippen LogP contribution in [0.1, 0.15) is 49.8 Å². The van der Waals surface area contributed by atoms with Crippen molar-refractivity contribution in [1.82, 2.24) is 4.57 Å². The number of allylic oxidation sites excluding steroid dienone is 1. The van der Waals surface area contributed by atoms with Crippen molar-refractivity contribution >= 4 is 23.0 Å². The molecule has 0 aliphatic carbocycles. The molecule has 6 nitrogen and oxygen atoms in total. The van der Waals surface area contributed by atoms with E-state index in [0.29, 0.717) is 23.6 Å². The summed E-state index contributed by atoms with van der Waals surface area (Å²) in [6, 6.07) is 15.9. The molecule has 6 heteroatoms. The van der Waals surface area contributed by atoms with Gasteiger partial charge in [-0.15, -0.1) is 0 Å². The standard InChI is InChI=1S/C26H27NO5/c1-16-10-12-17(13-11-16)20-14-18(15-22(28)30-5)31-24-23(20)19-8-6-7-9-21(19)27(24)25(29)32-26(2,3)4/h6-13,15,20H,14H2,1-5H3/b18-15-. The SMILES string of the molecule is COC(=O)/C=C1/CC(c2ccc(C)cc2)c2c(n(C(=O)OC(C)(C)C)c3ccccc23)O1. The number of benzene rings is 2. The normalized spacial score (nSPS) is 17.0. The molecule has 0 radical (unpaired) electrons. The number of hydrogen-bond acceptors (Lipinski definition) is 5. The predicted molar refractivity (Wildman–Crippen MR) is 122 cm³/mol. The maximum Gasteiger partial charge on any atom is 0.421 e. The number of esters is 1. The summed E-state index contributed by atoms with van der Waals surface area (Å²) in [4.78, 5) is 25.2. The number of aryl methyl sites for hydroxylation is 1. The summed E-state index contributed by atoms with van der Waals surface area (Å²) >= 11 is 0. The number of para-hydroxylation sites is 1. The Bertz CT molecular complexity index is 1210. The highest BCUT2D eigenvalue weighted by atomic mass is 16.6. The zero-order valence-electron chi connectivity index (χ0n) is 19.0. The number of rotatable bonds is 2. The minimum atomic E-state index is -0.676. The van der Waals surface area contributed by atoms with Crippen molar-refractivity contribution in [2.75, 3.05) is 7.11 Å². The van der Waals surface area contributed by atoms with E-state index in [1.165, 1.54) is 17.8 Å². The number of methoxy groups -OCH3 is 1. The van der Waals surface area contributed by atoms with Crippen LogP contribution in [-0.2, 0) is 14.3 Å². The van der Waals surface area contributed by atoms with E-state index in [0.717, 1.165) is 22.1 Å². The van der Waals surface area contributed by atoms with Crippen molar-refractivity contribution in [3.8, 4) is 5.88 Å². The first-order chi connectivity index (χ1) is 15.2. The largest absolute Gasteiger partial charge is 0.466 e. The minimum absolute atomic E-state index is 0.108. The van der Waals surface area contributed by atoms with Crippen molar-refractivity contribution in [2.45, 2.75) is 45.6 Å². The average molecular weight is 434 g/mol. The van der Waals surface area contributed by atoms with E-state index in [4.69, 9.17) is 14.2 Å². The molecule has 1 aliphatic heterocycles. The first-order valence-corrected chi connectivity index (χ1v) is 10.6. The summed E-state index contributed by atoms with van der Waals surface area (Å²) in [6.07, 6.45) is 1.27. The third-order valence-corrected chi connectivity index (χ3v) is 5.39. The lowest BCUT2D eigenvalue weighted by Crippen LogP contribution is -2.28. The van der Waals surface area contributed by atoms with Gasteiger partial charge in [0.05, 0.1) is 18.7 Å². The van der Waals surface area contributed by atoms with Crippen LogP contribution in [-0.4, -0.2) is 29.3 Å². The molecule has 0 saturated carbocycles. The fraction of sp³-hybridized carbons (Fsp3) is 0.308. The fourth-order valence-electron chi connectivity index (χ4n) is 4.00. The van der Waals surface area contributed by atoms with Crippen LogP contribution < -0.4 is 4.74 Å². The summed E-state index contributed by atoms with van der Waals surface area (Å²) in [6.45, 7) is 7.50. The highest BCUT2D eigenvalue weighted by Crippen LogP contribution is 2.47. The van der Waals surface area contributed by atoms with Crippen molar-refractivity contribution in [1.29, 1.82) is 0 Å². The van der Waals surface area contributed by atoms with Gasteiger partial charge in [-0.3, -0.25) is 0 Å². The Labute approximate surface area is 187 Å². The van der Waals surface area contributed by atoms with Gasteiger partial charge in [0, 0.05) is 23.3 Å². The van der Waals surface area contributed by atoms with Crippen molar-refractivity contribution < 1.29 is 23.8 Å². The second kappa shape index (κ2) is 8.19. The molecular weight excluding hydrogens is 406 g/mol. The van der Waals surface area contributed by atoms with Crippen LogP contribution in [0.3, 0.4) is 0 Å². The van der Waals surface area contributed by atoms with E-state index >= 15 is 0 Å². The first-order valence-electron chi connectivity index (χ1n) is 10.6. The summed E-state index contributed by atoms with van der Waals surface area (Å²) in [5.74, 6) is 0.185. The van der Waals surface area contributed by atoms with Gasteiger partial charge >= 0.3 is 12.1 Å². The van der Waals surface area contributed by atoms with Gasteiger partial charge in [0.2, 0.25) is 5.88 Å². The summed E-state index contributed by atoms with van der Waals surface area (Å²) in [7, 11) is 1.32. The van der Waals surface area contributed by atoms with E-state index in [2.05, 4.69) is 24.3 Å². The number of carbonyl (C=O) groups excluding carboxylic acids is 2. The molecule has 2 heterocycles. The smallest absolute Gasteiger partial charge is 0.421 e. The van der Waals surface area contributed by atoms with E-state index in [1.807, 2.05) is 52.0 Å². The van der Waals surface area contributed by atoms with E-state index in [-0.39, 0.29) is 5.92 Å². The highest BCUT2D eigenvalue weighted by molar-refractivity contribution is 5.96. The van der Waals surface area contributed by atoms with Crippen molar-refractivity contribution in [3.05, 3.63) is 77.1 Å². The molecule has 0 fully saturated rings. The Morgan fingerprint density at radius 1 is 1.09 bits per heavy atom. The van der Waals surface area contributed by atoms with Crippen LogP contribution in [0.2, 0.25) is 0 Å². The molecule has 166 valence electrons. The Hall–Kier alpha value is -3.54. The fourth-order valence-corrected chi connectivity index (χ4v) is 4.00. The second-order valence-electron chi connectivity index (χ2n) is 8.95. The molecule has 1 unspecified atom stereocenters. The molecule has 1 atom stereocenters. The Morgan fingerprint density at radius 2 is 1.78 bits per heavy atom. The molecule has 0 amide bonds. The van der Waals surface area contributed by atoms with Crippen LogP contribution in [0.15, 0.2) is 60.4 Å². The summed E-state index contributed by atoms with van der Waals surface area (Å²) in [5, 5.41) is 0.913. The van der Waals surface area contributed by atoms with E-state index < -0.39 is 17.7 Å². The third kappa shape index (κ3) is 4.13. The topological polar surface area (TPSA) is 66.8 Å². The van der Waals surface area contributed by atoms with E-state index in [9.17, 15) is 9.59 Å². The number of ether oxygens (including phenoxy) is 3. The van der Waals surface area contributed by atoms with Crippen LogP contribution in [0.4, 0.5) is 4.79 Å². The Kier molecular flexibility index (Phi) is 5.55. The molecule has 2 aromatic carbocycles. The number of carbonyl (C=O) groups is 2. The number of hydrogen-bond donors (Lipinski definition) is 0. The molecule has 0 bridgehead atoms. The lowest BCUT2D eigenvalue weighted by molar-refractivity contribution is -0.135. The Balaban J connectivity index is 1.96. The zero-order chi connectivity index (χ0) is 23.0. The molecule has 4 rings (SSSR count). The molecule has 3 aromatic rings. The summed E-state index contributed by atoms with van der Waals surface area (Å²) in [5.41, 5.74) is 3.15. The van der Waals surface area contributed by atoms with Crippen molar-refractivity contribution in [3.63, 3.8) is 0 Å². The van der Waals surface area contributed by atoms with Crippen LogP contribution in [0.25, 0.3) is 10.9 Å². The van der Waals surface area contributed by atoms with Gasteiger partial charge in [0.1, 0.15) is 11.4 Å². The minimum Gasteiger partial charge on any atom is -0.466 e. The van der Waals surface area contributed by atoms with Gasteiger partial charge in [0.25, 0.3) is 0 Å². The van der Waals surface area contributed by atoms with Crippen LogP contribution in [0.5, 0.6) is 5.88 Å². The van der Waals surface area contributed by atoms with Gasteiger partial charge in [0.15, 0.2) is 0 Å². The van der Waals surface area contributed by atoms with Gasteiger partial charge in [-0.05, 0) is 39.3 Å². The lowest BCUT2D eigenvalue weighted by Gasteiger charge is -2.27. The number of aromatic nitrogens is 1. The van der Waals surface area contributed by atoms with Gasteiger partial charge in [-0.25, -0.2) is 14.2 Å². The van der Waals surface area contributed by atoms with Gasteiger partial charge < -0.3 is 14.2 Å². The first kappa shape index (κ1) is 21.7. The monoisotopic (exact) mass is 433 g/mol. The molecule has 32 heavy (non-hydrogen) atoms. The quantitative estimate of drug-likeness (QED) is 0.383. The molecule has 0 spiro atoms. The Morgan fingerprint density at radius 3 is 2.44 bits per heavy atom. The zero-order valence-corrected chi connectivity index (χ0v) is 19.0. The molecule has 0 saturated heterocycles. The molecule has 1 aliphatic rings.